The van der Waals surface area contributed by atoms with Gasteiger partial charge in [-0.15, -0.1) is 10.2 Å². The summed E-state index contributed by atoms with van der Waals surface area (Å²) in [6, 6.07) is 26.4. The van der Waals surface area contributed by atoms with Crippen molar-refractivity contribution in [2.45, 2.75) is 37.3 Å². The Balaban J connectivity index is 1.42. The van der Waals surface area contributed by atoms with Gasteiger partial charge < -0.3 is 4.74 Å². The number of aryl methyl sites for hydroxylation is 1. The van der Waals surface area contributed by atoms with E-state index in [1.54, 1.807) is 11.8 Å². The number of nitrogens with zero attached hydrogens (tertiary/aromatic N) is 4. The number of aromatic nitrogens is 3. The minimum Gasteiger partial charge on any atom is -0.489 e. The van der Waals surface area contributed by atoms with E-state index in [2.05, 4.69) is 69.4 Å². The minimum atomic E-state index is 0.550. The van der Waals surface area contributed by atoms with Gasteiger partial charge >= 0.3 is 0 Å². The van der Waals surface area contributed by atoms with Crippen molar-refractivity contribution >= 4 is 33.9 Å². The molecule has 0 N–H and O–H groups in total. The van der Waals surface area contributed by atoms with Crippen LogP contribution in [0.2, 0.25) is 0 Å². The summed E-state index contributed by atoms with van der Waals surface area (Å²) < 4.78 is 8.80. The maximum atomic E-state index is 5.87. The SMILES string of the molecule is CCCc1nnc(SCc2ccc(Br)cc2)n1/N=C/c1ccc(OCc2ccccc2)cc1. The van der Waals surface area contributed by atoms with Crippen molar-refractivity contribution in [2.24, 2.45) is 5.10 Å². The Labute approximate surface area is 207 Å². The smallest absolute Gasteiger partial charge is 0.212 e. The predicted octanol–water partition coefficient (Wildman–Crippen LogP) is 6.75. The van der Waals surface area contributed by atoms with Gasteiger partial charge in [0.1, 0.15) is 12.4 Å². The van der Waals surface area contributed by atoms with E-state index >= 15 is 0 Å². The Morgan fingerprint density at radius 3 is 2.42 bits per heavy atom. The fourth-order valence-electron chi connectivity index (χ4n) is 3.13. The molecule has 0 spiro atoms. The number of halogens is 1. The number of benzene rings is 3. The molecule has 0 radical (unpaired) electrons. The minimum absolute atomic E-state index is 0.550. The summed E-state index contributed by atoms with van der Waals surface area (Å²) in [6.45, 7) is 2.68. The monoisotopic (exact) mass is 520 g/mol. The molecule has 0 saturated heterocycles. The Morgan fingerprint density at radius 2 is 1.70 bits per heavy atom. The van der Waals surface area contributed by atoms with Crippen molar-refractivity contribution in [3.05, 3.63) is 106 Å². The highest BCUT2D eigenvalue weighted by molar-refractivity contribution is 9.10. The fourth-order valence-corrected chi connectivity index (χ4v) is 4.25. The highest BCUT2D eigenvalue weighted by Crippen LogP contribution is 2.23. The summed E-state index contributed by atoms with van der Waals surface area (Å²) in [7, 11) is 0. The third-order valence-corrected chi connectivity index (χ3v) is 6.40. The Bertz CT molecular complexity index is 1180. The highest BCUT2D eigenvalue weighted by atomic mass is 79.9. The molecule has 0 aliphatic rings. The maximum Gasteiger partial charge on any atom is 0.212 e. The van der Waals surface area contributed by atoms with E-state index in [0.717, 1.165) is 50.9 Å². The first-order chi connectivity index (χ1) is 16.2. The van der Waals surface area contributed by atoms with E-state index in [4.69, 9.17) is 9.84 Å². The van der Waals surface area contributed by atoms with Gasteiger partial charge in [-0.1, -0.05) is 77.1 Å². The van der Waals surface area contributed by atoms with Crippen LogP contribution in [0, 0.1) is 0 Å². The van der Waals surface area contributed by atoms with Crippen LogP contribution in [-0.4, -0.2) is 21.1 Å². The number of thioether (sulfide) groups is 1. The first-order valence-electron chi connectivity index (χ1n) is 10.8. The van der Waals surface area contributed by atoms with Crippen LogP contribution in [0.5, 0.6) is 5.75 Å². The lowest BCUT2D eigenvalue weighted by molar-refractivity contribution is 0.306. The molecule has 33 heavy (non-hydrogen) atoms. The average molecular weight is 521 g/mol. The van der Waals surface area contributed by atoms with E-state index in [-0.39, 0.29) is 0 Å². The van der Waals surface area contributed by atoms with Crippen LogP contribution in [0.3, 0.4) is 0 Å². The van der Waals surface area contributed by atoms with Gasteiger partial charge in [-0.3, -0.25) is 0 Å². The predicted molar refractivity (Wildman–Crippen MR) is 138 cm³/mol. The summed E-state index contributed by atoms with van der Waals surface area (Å²) in [5.74, 6) is 2.51. The second kappa shape index (κ2) is 11.8. The van der Waals surface area contributed by atoms with E-state index in [9.17, 15) is 0 Å². The topological polar surface area (TPSA) is 52.3 Å². The van der Waals surface area contributed by atoms with E-state index < -0.39 is 0 Å². The summed E-state index contributed by atoms with van der Waals surface area (Å²) in [6.07, 6.45) is 3.65. The molecule has 0 amide bonds. The molecule has 4 rings (SSSR count). The average Bonchev–Trinajstić information content (AvgIpc) is 3.24. The molecule has 0 unspecified atom stereocenters. The first kappa shape index (κ1) is 23.3. The van der Waals surface area contributed by atoms with Crippen molar-refractivity contribution in [1.82, 2.24) is 14.9 Å². The molecule has 4 aromatic rings. The van der Waals surface area contributed by atoms with Crippen LogP contribution in [0.25, 0.3) is 0 Å². The zero-order valence-electron chi connectivity index (χ0n) is 18.4. The van der Waals surface area contributed by atoms with Gasteiger partial charge in [0.05, 0.1) is 6.21 Å². The molecule has 0 bridgehead atoms. The quantitative estimate of drug-likeness (QED) is 0.171. The summed E-state index contributed by atoms with van der Waals surface area (Å²) in [5, 5.41) is 14.2. The van der Waals surface area contributed by atoms with Gasteiger partial charge in [0.2, 0.25) is 5.16 Å². The Kier molecular flexibility index (Phi) is 8.33. The molecule has 0 atom stereocenters. The number of hydrogen-bond donors (Lipinski definition) is 0. The van der Waals surface area contributed by atoms with Gasteiger partial charge in [-0.2, -0.15) is 9.78 Å². The molecule has 0 saturated carbocycles. The van der Waals surface area contributed by atoms with Crippen LogP contribution in [0.1, 0.15) is 35.9 Å². The molecule has 0 aliphatic heterocycles. The normalized spacial score (nSPS) is 11.2. The molecule has 1 heterocycles. The first-order valence-corrected chi connectivity index (χ1v) is 12.6. The lowest BCUT2D eigenvalue weighted by Gasteiger charge is -2.07. The van der Waals surface area contributed by atoms with E-state index in [1.807, 2.05) is 53.4 Å². The van der Waals surface area contributed by atoms with Gasteiger partial charge in [0.15, 0.2) is 5.82 Å². The van der Waals surface area contributed by atoms with Crippen LogP contribution in [0.15, 0.2) is 93.6 Å². The summed E-state index contributed by atoms with van der Waals surface area (Å²) >= 11 is 5.11. The standard InChI is InChI=1S/C26H25BrN4OS/c1-2-6-25-29-30-26(33-19-22-9-13-23(27)14-10-22)31(25)28-17-20-11-15-24(16-12-20)32-18-21-7-4-3-5-8-21/h3-5,7-17H,2,6,18-19H2,1H3/b28-17+. The largest absolute Gasteiger partial charge is 0.489 e. The molecular formula is C26H25BrN4OS. The van der Waals surface area contributed by atoms with Crippen LogP contribution < -0.4 is 4.74 Å². The van der Waals surface area contributed by atoms with Crippen molar-refractivity contribution in [3.63, 3.8) is 0 Å². The van der Waals surface area contributed by atoms with Gasteiger partial charge in [-0.25, -0.2) is 0 Å². The molecule has 0 fully saturated rings. The van der Waals surface area contributed by atoms with Gasteiger partial charge in [0.25, 0.3) is 0 Å². The van der Waals surface area contributed by atoms with E-state index in [0.29, 0.717) is 6.61 Å². The molecule has 1 aromatic heterocycles. The molecule has 5 nitrogen and oxygen atoms in total. The lowest BCUT2D eigenvalue weighted by atomic mass is 10.2. The zero-order valence-corrected chi connectivity index (χ0v) is 20.8. The van der Waals surface area contributed by atoms with Crippen molar-refractivity contribution < 1.29 is 4.74 Å². The highest BCUT2D eigenvalue weighted by Gasteiger charge is 2.11. The van der Waals surface area contributed by atoms with Crippen LogP contribution in [-0.2, 0) is 18.8 Å². The van der Waals surface area contributed by atoms with Gasteiger partial charge in [0, 0.05) is 16.6 Å². The number of rotatable bonds is 10. The van der Waals surface area contributed by atoms with Crippen molar-refractivity contribution in [3.8, 4) is 5.75 Å². The van der Waals surface area contributed by atoms with Crippen LogP contribution in [0.4, 0.5) is 0 Å². The molecule has 168 valence electrons. The summed E-state index contributed by atoms with van der Waals surface area (Å²) in [5.41, 5.74) is 3.36. The zero-order chi connectivity index (χ0) is 22.9. The third-order valence-electron chi connectivity index (χ3n) is 4.88. The third kappa shape index (κ3) is 6.79. The molecular weight excluding hydrogens is 496 g/mol. The van der Waals surface area contributed by atoms with Crippen LogP contribution >= 0.6 is 27.7 Å². The van der Waals surface area contributed by atoms with Crippen molar-refractivity contribution in [2.75, 3.05) is 0 Å². The fraction of sp³-hybridized carbons (Fsp3) is 0.192. The number of hydrogen-bond acceptors (Lipinski definition) is 5. The second-order valence-corrected chi connectivity index (χ2v) is 9.32. The Hall–Kier alpha value is -2.90. The second-order valence-electron chi connectivity index (χ2n) is 7.46. The molecule has 0 aliphatic carbocycles. The van der Waals surface area contributed by atoms with Crippen molar-refractivity contribution in [1.29, 1.82) is 0 Å². The van der Waals surface area contributed by atoms with E-state index in [1.165, 1.54) is 5.56 Å². The Morgan fingerprint density at radius 1 is 0.939 bits per heavy atom. The maximum absolute atomic E-state index is 5.87. The number of ether oxygens (including phenoxy) is 1. The lowest BCUT2D eigenvalue weighted by Crippen LogP contribution is -2.00. The van der Waals surface area contributed by atoms with Gasteiger partial charge in [-0.05, 0) is 59.5 Å². The molecule has 7 heteroatoms. The summed E-state index contributed by atoms with van der Waals surface area (Å²) in [4.78, 5) is 0. The molecule has 3 aromatic carbocycles.